The normalized spacial score (nSPS) is 43.3. The summed E-state index contributed by atoms with van der Waals surface area (Å²) in [6.07, 6.45) is 7.93. The summed E-state index contributed by atoms with van der Waals surface area (Å²) in [4.78, 5) is 17.5. The van der Waals surface area contributed by atoms with Crippen molar-refractivity contribution in [3.8, 4) is 0 Å². The Morgan fingerprint density at radius 2 is 1.78 bits per heavy atom. The summed E-state index contributed by atoms with van der Waals surface area (Å²) in [5.74, 6) is 0.496. The van der Waals surface area contributed by atoms with Gasteiger partial charge in [0.05, 0.1) is 31.8 Å². The number of nitrogen functional groups attached to an aromatic ring is 1. The second-order valence-corrected chi connectivity index (χ2v) is 20.2. The highest BCUT2D eigenvalue weighted by molar-refractivity contribution is 5.73. The van der Waals surface area contributed by atoms with Gasteiger partial charge in [-0.2, -0.15) is 4.80 Å². The van der Waals surface area contributed by atoms with Crippen molar-refractivity contribution >= 4 is 11.9 Å². The van der Waals surface area contributed by atoms with Crippen molar-refractivity contribution in [3.05, 3.63) is 11.6 Å². The highest BCUT2D eigenvalue weighted by Crippen LogP contribution is 2.75. The van der Waals surface area contributed by atoms with Crippen LogP contribution in [0.5, 0.6) is 0 Å². The van der Waals surface area contributed by atoms with Crippen LogP contribution >= 0.6 is 0 Å². The molecule has 12 atom stereocenters. The highest BCUT2D eigenvalue weighted by Gasteiger charge is 2.72. The molecule has 1 aliphatic heterocycles. The number of tetrazole rings is 1. The molecule has 0 spiro atoms. The lowest BCUT2D eigenvalue weighted by Gasteiger charge is -2.71. The average molecular weight is 697 g/mol. The van der Waals surface area contributed by atoms with E-state index in [1.54, 1.807) is 4.80 Å². The Labute approximate surface area is 301 Å². The van der Waals surface area contributed by atoms with E-state index in [-0.39, 0.29) is 62.0 Å². The Balaban J connectivity index is 1.44. The fourth-order valence-corrected chi connectivity index (χ4v) is 12.8. The Morgan fingerprint density at radius 1 is 1.10 bits per heavy atom. The number of hydrogen-bond donors (Lipinski definition) is 2. The van der Waals surface area contributed by atoms with E-state index in [2.05, 4.69) is 117 Å². The quantitative estimate of drug-likeness (QED) is 0.273. The molecule has 282 valence electrons. The van der Waals surface area contributed by atoms with E-state index in [1.807, 2.05) is 0 Å². The van der Waals surface area contributed by atoms with E-state index in [9.17, 15) is 9.90 Å². The van der Waals surface area contributed by atoms with Crippen molar-refractivity contribution in [2.45, 2.75) is 132 Å². The molecule has 3 N–H and O–H groups in total. The molecule has 10 heteroatoms. The number of nitrogens with zero attached hydrogens (tertiary/aromatic N) is 5. The van der Waals surface area contributed by atoms with Gasteiger partial charge >= 0.3 is 5.97 Å². The molecule has 0 radical (unpaired) electrons. The monoisotopic (exact) mass is 697 g/mol. The number of ether oxygens (including phenoxy) is 2. The van der Waals surface area contributed by atoms with E-state index >= 15 is 0 Å². The number of carboxylic acids is 1. The van der Waals surface area contributed by atoms with Gasteiger partial charge in [-0.15, -0.1) is 5.10 Å². The fourth-order valence-electron chi connectivity index (χ4n) is 12.8. The van der Waals surface area contributed by atoms with E-state index in [0.717, 1.165) is 38.5 Å². The standard InChI is InChI=1S/C40H68N6O4/c1-24(2)25(3)35(7)18-19-37(9)26-14-15-29-36(8)21-49-23-40(29,27(26)16-17-38(37,10)30(35)32(47)48)20-28(46-43-33(41)42-44-46)31(36)50-22-39(11,45(12)13)34(4,5)6/h16,24-26,28-31H,14-15,17-23H2,1-13H3,(H2,41,43)(H,47,48)/t25-,26+,28-,29+,30-,31+,35-,36+,37-,38+,39-,40?/m1/s1. The van der Waals surface area contributed by atoms with Crippen LogP contribution in [0.25, 0.3) is 0 Å². The van der Waals surface area contributed by atoms with Gasteiger partial charge in [0, 0.05) is 16.4 Å². The molecule has 5 aliphatic rings. The van der Waals surface area contributed by atoms with E-state index in [4.69, 9.17) is 15.2 Å². The Morgan fingerprint density at radius 3 is 2.34 bits per heavy atom. The zero-order valence-electron chi connectivity index (χ0n) is 33.5. The van der Waals surface area contributed by atoms with E-state index in [0.29, 0.717) is 37.6 Å². The van der Waals surface area contributed by atoms with Crippen molar-refractivity contribution < 1.29 is 19.4 Å². The summed E-state index contributed by atoms with van der Waals surface area (Å²) in [5.41, 5.74) is 6.05. The predicted molar refractivity (Wildman–Crippen MR) is 196 cm³/mol. The lowest BCUT2D eigenvalue weighted by molar-refractivity contribution is -0.257. The van der Waals surface area contributed by atoms with Crippen molar-refractivity contribution in [2.75, 3.05) is 39.6 Å². The molecular weight excluding hydrogens is 628 g/mol. The maximum atomic E-state index is 13.5. The zero-order chi connectivity index (χ0) is 37.0. The Kier molecular flexibility index (Phi) is 9.04. The Hall–Kier alpha value is -2.04. The van der Waals surface area contributed by atoms with Crippen LogP contribution in [-0.4, -0.2) is 81.7 Å². The first-order valence-corrected chi connectivity index (χ1v) is 19.4. The molecule has 4 aliphatic carbocycles. The van der Waals surface area contributed by atoms with E-state index < -0.39 is 11.9 Å². The summed E-state index contributed by atoms with van der Waals surface area (Å²) >= 11 is 0. The number of hydrogen-bond acceptors (Lipinski definition) is 8. The van der Waals surface area contributed by atoms with Crippen LogP contribution in [0.1, 0.15) is 121 Å². The summed E-state index contributed by atoms with van der Waals surface area (Å²) in [7, 11) is 4.28. The number of carboxylic acid groups (broad SMARTS) is 1. The zero-order valence-corrected chi connectivity index (χ0v) is 33.5. The first-order valence-electron chi connectivity index (χ1n) is 19.4. The first kappa shape index (κ1) is 37.7. The minimum Gasteiger partial charge on any atom is -0.481 e. The van der Waals surface area contributed by atoms with Gasteiger partial charge in [-0.25, -0.2) is 0 Å². The summed E-state index contributed by atoms with van der Waals surface area (Å²) in [6, 6.07) is -0.176. The second kappa shape index (κ2) is 12.0. The molecule has 2 bridgehead atoms. The number of rotatable bonds is 8. The molecule has 50 heavy (non-hydrogen) atoms. The largest absolute Gasteiger partial charge is 0.481 e. The number of nitrogens with two attached hydrogens (primary N) is 1. The third kappa shape index (κ3) is 5.03. The van der Waals surface area contributed by atoms with Gasteiger partial charge in [-0.1, -0.05) is 86.0 Å². The van der Waals surface area contributed by atoms with Gasteiger partial charge < -0.3 is 25.2 Å². The third-order valence-corrected chi connectivity index (χ3v) is 17.0. The van der Waals surface area contributed by atoms with Gasteiger partial charge in [-0.3, -0.25) is 4.79 Å². The molecule has 3 saturated carbocycles. The maximum absolute atomic E-state index is 13.5. The minimum absolute atomic E-state index is 0.0335. The molecule has 4 fully saturated rings. The van der Waals surface area contributed by atoms with Crippen molar-refractivity contribution in [2.24, 2.45) is 62.1 Å². The minimum atomic E-state index is -0.627. The van der Waals surface area contributed by atoms with Crippen molar-refractivity contribution in [1.29, 1.82) is 0 Å². The van der Waals surface area contributed by atoms with E-state index in [1.165, 1.54) is 5.57 Å². The lowest BCUT2D eigenvalue weighted by Crippen LogP contribution is -2.69. The SMILES string of the molecule is CC(C)[C@@H](C)[C@@]1(C)CC[C@]2(C)[C@H]3CC[C@@H]4C5(COC[C@]4(C)[C@@H](OC[C@@](C)(N(C)C)C(C)(C)C)[C@H](n4nnc(N)n4)C5)C3=CC[C@@]2(C)[C@@H]1C(=O)O. The molecule has 0 amide bonds. The number of fused-ring (bicyclic) bond motifs is 3. The summed E-state index contributed by atoms with van der Waals surface area (Å²) in [6.45, 7) is 27.2. The number of aliphatic carboxylic acids is 1. The molecular formula is C40H68N6O4. The molecule has 10 nitrogen and oxygen atoms in total. The van der Waals surface area contributed by atoms with Crippen LogP contribution in [0, 0.1) is 62.1 Å². The summed E-state index contributed by atoms with van der Waals surface area (Å²) < 4.78 is 14.0. The third-order valence-electron chi connectivity index (χ3n) is 17.0. The topological polar surface area (TPSA) is 129 Å². The molecule has 1 aromatic heterocycles. The number of aromatic nitrogens is 4. The Bertz CT molecular complexity index is 1500. The summed E-state index contributed by atoms with van der Waals surface area (Å²) in [5, 5.41) is 24.4. The number of allylic oxidation sites excluding steroid dienone is 1. The van der Waals surface area contributed by atoms with Crippen molar-refractivity contribution in [1.82, 2.24) is 25.1 Å². The molecule has 1 saturated heterocycles. The average Bonchev–Trinajstić information content (AvgIpc) is 3.45. The van der Waals surface area contributed by atoms with Crippen molar-refractivity contribution in [3.63, 3.8) is 0 Å². The van der Waals surface area contributed by atoms with Gasteiger partial charge in [-0.05, 0) is 110 Å². The second-order valence-electron chi connectivity index (χ2n) is 20.2. The van der Waals surface area contributed by atoms with Gasteiger partial charge in [0.1, 0.15) is 6.04 Å². The lowest BCUT2D eigenvalue weighted by atomic mass is 9.34. The van der Waals surface area contributed by atoms with Gasteiger partial charge in [0.2, 0.25) is 0 Å². The van der Waals surface area contributed by atoms with Crippen LogP contribution in [0.15, 0.2) is 11.6 Å². The number of likely N-dealkylation sites (N-methyl/N-ethyl adjacent to an activating group) is 1. The maximum Gasteiger partial charge on any atom is 0.307 e. The molecule has 1 unspecified atom stereocenters. The fraction of sp³-hybridized carbons (Fsp3) is 0.900. The first-order chi connectivity index (χ1) is 23.0. The number of carbonyl (C=O) groups is 1. The predicted octanol–water partition coefficient (Wildman–Crippen LogP) is 7.14. The van der Waals surface area contributed by atoms with Crippen LogP contribution in [0.4, 0.5) is 5.95 Å². The van der Waals surface area contributed by atoms with Crippen LogP contribution in [-0.2, 0) is 14.3 Å². The molecule has 1 aromatic rings. The molecule has 6 rings (SSSR count). The van der Waals surface area contributed by atoms with Gasteiger partial charge in [0.15, 0.2) is 0 Å². The highest BCUT2D eigenvalue weighted by atomic mass is 16.5. The van der Waals surface area contributed by atoms with Crippen LogP contribution < -0.4 is 5.73 Å². The van der Waals surface area contributed by atoms with Crippen LogP contribution in [0.3, 0.4) is 0 Å². The van der Waals surface area contributed by atoms with Crippen LogP contribution in [0.2, 0.25) is 0 Å². The number of anilines is 1. The molecule has 0 aromatic carbocycles. The molecule has 2 heterocycles. The van der Waals surface area contributed by atoms with Gasteiger partial charge in [0.25, 0.3) is 5.95 Å². The smallest absolute Gasteiger partial charge is 0.307 e.